The van der Waals surface area contributed by atoms with Gasteiger partial charge in [-0.1, -0.05) is 6.07 Å². The molecule has 1 heterocycles. The Balaban J connectivity index is 2.36. The highest BCUT2D eigenvalue weighted by Crippen LogP contribution is 2.48. The van der Waals surface area contributed by atoms with E-state index in [2.05, 4.69) is 0 Å². The first-order valence-electron chi connectivity index (χ1n) is 6.76. The lowest BCUT2D eigenvalue weighted by Gasteiger charge is -2.33. The molecule has 0 saturated heterocycles. The van der Waals surface area contributed by atoms with Gasteiger partial charge in [0.15, 0.2) is 0 Å². The molecule has 1 aromatic carbocycles. The van der Waals surface area contributed by atoms with Crippen LogP contribution < -0.4 is 10.0 Å². The van der Waals surface area contributed by atoms with Gasteiger partial charge in [0, 0.05) is 19.4 Å². The predicted octanol–water partition coefficient (Wildman–Crippen LogP) is 3.22. The summed E-state index contributed by atoms with van der Waals surface area (Å²) in [6.45, 7) is 8.37. The Morgan fingerprint density at radius 1 is 1.25 bits per heavy atom. The predicted molar refractivity (Wildman–Crippen MR) is 76.4 cm³/mol. The molecule has 2 rings (SSSR count). The molecule has 0 aliphatic carbocycles. The molecule has 0 unspecified atom stereocenters. The molecular weight excluding hydrogens is 279 g/mol. The third-order valence-corrected chi connectivity index (χ3v) is 5.00. The first-order chi connectivity index (χ1) is 9.40. The summed E-state index contributed by atoms with van der Waals surface area (Å²) in [6.07, 6.45) is 0. The van der Waals surface area contributed by atoms with Crippen LogP contribution in [0.1, 0.15) is 33.3 Å². The van der Waals surface area contributed by atoms with E-state index in [1.54, 1.807) is 26.0 Å². The standard InChI is InChI=1S/C14H21O5P/c1-5-17-20(15,18-6-2)12-8-7-11-10-16-14(3,4)19-13(11)9-12/h7-9H,5-6,10H2,1-4H3. The topological polar surface area (TPSA) is 54.0 Å². The van der Waals surface area contributed by atoms with Crippen LogP contribution in [0.2, 0.25) is 0 Å². The first kappa shape index (κ1) is 15.5. The zero-order valence-corrected chi connectivity index (χ0v) is 13.2. The number of rotatable bonds is 5. The van der Waals surface area contributed by atoms with E-state index in [4.69, 9.17) is 18.5 Å². The van der Waals surface area contributed by atoms with Crippen LogP contribution in [0.4, 0.5) is 0 Å². The van der Waals surface area contributed by atoms with Crippen LogP contribution in [-0.4, -0.2) is 19.0 Å². The number of hydrogen-bond donors (Lipinski definition) is 0. The second-order valence-electron chi connectivity index (χ2n) is 4.92. The van der Waals surface area contributed by atoms with E-state index >= 15 is 0 Å². The molecule has 0 bridgehead atoms. The highest BCUT2D eigenvalue weighted by atomic mass is 31.2. The van der Waals surface area contributed by atoms with Gasteiger partial charge in [-0.2, -0.15) is 0 Å². The molecular formula is C14H21O5P. The fourth-order valence-corrected chi connectivity index (χ4v) is 3.58. The second-order valence-corrected chi connectivity index (χ2v) is 6.94. The van der Waals surface area contributed by atoms with E-state index in [9.17, 15) is 4.57 Å². The van der Waals surface area contributed by atoms with Crippen molar-refractivity contribution in [3.05, 3.63) is 23.8 Å². The Hall–Kier alpha value is -0.870. The Bertz CT molecular complexity index is 516. The average Bonchev–Trinajstić information content (AvgIpc) is 2.37. The molecule has 0 N–H and O–H groups in total. The Kier molecular flexibility index (Phi) is 4.55. The summed E-state index contributed by atoms with van der Waals surface area (Å²) >= 11 is 0. The van der Waals surface area contributed by atoms with Crippen LogP contribution in [0, 0.1) is 0 Å². The molecule has 1 aromatic rings. The van der Waals surface area contributed by atoms with Gasteiger partial charge in [0.1, 0.15) is 5.75 Å². The second kappa shape index (κ2) is 5.86. The lowest BCUT2D eigenvalue weighted by Crippen LogP contribution is -2.35. The van der Waals surface area contributed by atoms with Gasteiger partial charge in [-0.3, -0.25) is 4.57 Å². The molecule has 1 aliphatic heterocycles. The van der Waals surface area contributed by atoms with E-state index in [-0.39, 0.29) is 0 Å². The third kappa shape index (κ3) is 3.23. The van der Waals surface area contributed by atoms with Crippen LogP contribution in [0.5, 0.6) is 5.75 Å². The smallest absolute Gasteiger partial charge is 0.361 e. The fraction of sp³-hybridized carbons (Fsp3) is 0.571. The maximum Gasteiger partial charge on any atom is 0.361 e. The molecule has 1 aliphatic rings. The van der Waals surface area contributed by atoms with Crippen LogP contribution >= 0.6 is 7.60 Å². The molecule has 112 valence electrons. The summed E-state index contributed by atoms with van der Waals surface area (Å²) < 4.78 is 34.7. The number of hydrogen-bond acceptors (Lipinski definition) is 5. The van der Waals surface area contributed by atoms with Crippen molar-refractivity contribution in [1.29, 1.82) is 0 Å². The van der Waals surface area contributed by atoms with E-state index in [1.807, 2.05) is 19.9 Å². The van der Waals surface area contributed by atoms with Gasteiger partial charge in [0.05, 0.1) is 25.1 Å². The molecule has 20 heavy (non-hydrogen) atoms. The van der Waals surface area contributed by atoms with Crippen LogP contribution in [-0.2, 0) is 25.0 Å². The summed E-state index contributed by atoms with van der Waals surface area (Å²) in [6, 6.07) is 5.31. The summed E-state index contributed by atoms with van der Waals surface area (Å²) in [5.41, 5.74) is 0.924. The summed E-state index contributed by atoms with van der Waals surface area (Å²) in [5, 5.41) is 0.512. The van der Waals surface area contributed by atoms with Gasteiger partial charge >= 0.3 is 7.60 Å². The van der Waals surface area contributed by atoms with Gasteiger partial charge in [-0.25, -0.2) is 0 Å². The average molecular weight is 300 g/mol. The lowest BCUT2D eigenvalue weighted by atomic mass is 10.2. The quantitative estimate of drug-likeness (QED) is 0.781. The van der Waals surface area contributed by atoms with Crippen molar-refractivity contribution in [2.24, 2.45) is 0 Å². The van der Waals surface area contributed by atoms with E-state index < -0.39 is 13.4 Å². The van der Waals surface area contributed by atoms with Gasteiger partial charge in [-0.15, -0.1) is 0 Å². The minimum absolute atomic E-state index is 0.323. The summed E-state index contributed by atoms with van der Waals surface area (Å²) in [4.78, 5) is 0. The van der Waals surface area contributed by atoms with Crippen molar-refractivity contribution < 1.29 is 23.1 Å². The number of fused-ring (bicyclic) bond motifs is 1. The molecule has 5 nitrogen and oxygen atoms in total. The molecule has 0 radical (unpaired) electrons. The van der Waals surface area contributed by atoms with Gasteiger partial charge < -0.3 is 18.5 Å². The maximum atomic E-state index is 12.7. The minimum atomic E-state index is -3.28. The highest BCUT2D eigenvalue weighted by Gasteiger charge is 2.31. The largest absolute Gasteiger partial charge is 0.463 e. The van der Waals surface area contributed by atoms with Crippen molar-refractivity contribution in [3.63, 3.8) is 0 Å². The Morgan fingerprint density at radius 3 is 2.50 bits per heavy atom. The SMILES string of the molecule is CCOP(=O)(OCC)c1ccc2c(c1)OC(C)(C)OC2. The summed E-state index contributed by atoms with van der Waals surface area (Å²) in [5.74, 6) is -0.0225. The highest BCUT2D eigenvalue weighted by molar-refractivity contribution is 7.62. The Labute approximate surface area is 119 Å². The molecule has 0 aromatic heterocycles. The van der Waals surface area contributed by atoms with Crippen molar-refractivity contribution in [1.82, 2.24) is 0 Å². The zero-order chi connectivity index (χ0) is 14.8. The molecule has 0 amide bonds. The van der Waals surface area contributed by atoms with Crippen molar-refractivity contribution in [2.45, 2.75) is 40.1 Å². The minimum Gasteiger partial charge on any atom is -0.463 e. The fourth-order valence-electron chi connectivity index (χ4n) is 2.00. The van der Waals surface area contributed by atoms with Gasteiger partial charge in [0.2, 0.25) is 5.79 Å². The summed E-state index contributed by atoms with van der Waals surface area (Å²) in [7, 11) is -3.28. The monoisotopic (exact) mass is 300 g/mol. The van der Waals surface area contributed by atoms with Crippen LogP contribution in [0.25, 0.3) is 0 Å². The van der Waals surface area contributed by atoms with Crippen molar-refractivity contribution >= 4 is 12.9 Å². The Morgan fingerprint density at radius 2 is 1.90 bits per heavy atom. The molecule has 0 saturated carbocycles. The third-order valence-electron chi connectivity index (χ3n) is 2.90. The van der Waals surface area contributed by atoms with Crippen LogP contribution in [0.15, 0.2) is 18.2 Å². The van der Waals surface area contributed by atoms with Crippen LogP contribution in [0.3, 0.4) is 0 Å². The van der Waals surface area contributed by atoms with E-state index in [0.29, 0.717) is 30.9 Å². The van der Waals surface area contributed by atoms with Gasteiger partial charge in [-0.05, 0) is 26.0 Å². The van der Waals surface area contributed by atoms with Crippen molar-refractivity contribution in [2.75, 3.05) is 13.2 Å². The number of benzene rings is 1. The van der Waals surface area contributed by atoms with E-state index in [0.717, 1.165) is 5.56 Å². The molecule has 0 fully saturated rings. The molecule has 0 spiro atoms. The van der Waals surface area contributed by atoms with E-state index in [1.165, 1.54) is 0 Å². The molecule has 6 heteroatoms. The number of ether oxygens (including phenoxy) is 2. The lowest BCUT2D eigenvalue weighted by molar-refractivity contribution is -0.180. The first-order valence-corrected chi connectivity index (χ1v) is 8.30. The maximum absolute atomic E-state index is 12.7. The molecule has 0 atom stereocenters. The normalized spacial score (nSPS) is 17.4. The van der Waals surface area contributed by atoms with Gasteiger partial charge in [0.25, 0.3) is 0 Å². The van der Waals surface area contributed by atoms with Crippen molar-refractivity contribution in [3.8, 4) is 5.75 Å². The zero-order valence-electron chi connectivity index (χ0n) is 12.3.